The molecule has 1 aromatic rings. The maximum Gasteiger partial charge on any atom is 0.240 e. The van der Waals surface area contributed by atoms with E-state index in [1.807, 2.05) is 29.9 Å². The molecule has 0 bridgehead atoms. The zero-order valence-electron chi connectivity index (χ0n) is 10.3. The first-order chi connectivity index (χ1) is 8.58. The summed E-state index contributed by atoms with van der Waals surface area (Å²) in [5, 5.41) is 0. The molecule has 1 aliphatic heterocycles. The molecule has 1 fully saturated rings. The largest absolute Gasteiger partial charge is 0.240 e. The van der Waals surface area contributed by atoms with Gasteiger partial charge in [0, 0.05) is 17.5 Å². The Bertz CT molecular complexity index is 477. The predicted octanol–water partition coefficient (Wildman–Crippen LogP) is 2.82. The first-order valence-corrected chi connectivity index (χ1v) is 9.88. The van der Waals surface area contributed by atoms with Crippen molar-refractivity contribution in [2.45, 2.75) is 30.7 Å². The summed E-state index contributed by atoms with van der Waals surface area (Å²) in [6.07, 6.45) is 1.99. The highest BCUT2D eigenvalue weighted by Gasteiger charge is 2.21. The SMILES string of the molecule is Cc1ccc(S(=O)(=O)N[C@H]2CCCSSC2)cc1. The van der Waals surface area contributed by atoms with Gasteiger partial charge in [0.05, 0.1) is 4.90 Å². The maximum absolute atomic E-state index is 12.2. The number of rotatable bonds is 3. The molecule has 1 N–H and O–H groups in total. The minimum atomic E-state index is -3.37. The van der Waals surface area contributed by atoms with Gasteiger partial charge < -0.3 is 0 Å². The molecule has 0 unspecified atom stereocenters. The molecule has 2 rings (SSSR count). The molecule has 1 atom stereocenters. The van der Waals surface area contributed by atoms with Crippen LogP contribution in [0.15, 0.2) is 29.2 Å². The quantitative estimate of drug-likeness (QED) is 0.872. The molecule has 100 valence electrons. The fourth-order valence-electron chi connectivity index (χ4n) is 1.76. The Hall–Kier alpha value is -0.170. The first kappa shape index (κ1) is 14.2. The normalized spacial score (nSPS) is 21.5. The summed E-state index contributed by atoms with van der Waals surface area (Å²) in [6, 6.07) is 7.03. The van der Waals surface area contributed by atoms with Crippen LogP contribution in [0.5, 0.6) is 0 Å². The van der Waals surface area contributed by atoms with Gasteiger partial charge >= 0.3 is 0 Å². The van der Waals surface area contributed by atoms with Crippen LogP contribution in [0.1, 0.15) is 18.4 Å². The lowest BCUT2D eigenvalue weighted by Crippen LogP contribution is -2.36. The molecular formula is C12H17NO2S3. The van der Waals surface area contributed by atoms with E-state index in [9.17, 15) is 8.42 Å². The Kier molecular flexibility index (Phi) is 5.00. The second-order valence-corrected chi connectivity index (χ2v) is 8.72. The van der Waals surface area contributed by atoms with E-state index in [0.29, 0.717) is 4.90 Å². The van der Waals surface area contributed by atoms with Gasteiger partial charge in [-0.15, -0.1) is 0 Å². The van der Waals surface area contributed by atoms with Crippen LogP contribution in [0.2, 0.25) is 0 Å². The van der Waals surface area contributed by atoms with Crippen LogP contribution < -0.4 is 4.72 Å². The van der Waals surface area contributed by atoms with Gasteiger partial charge in [-0.2, -0.15) is 0 Å². The van der Waals surface area contributed by atoms with Gasteiger partial charge in [-0.1, -0.05) is 39.3 Å². The minimum absolute atomic E-state index is 0.0521. The van der Waals surface area contributed by atoms with Gasteiger partial charge in [-0.05, 0) is 31.9 Å². The molecule has 18 heavy (non-hydrogen) atoms. The van der Waals surface area contributed by atoms with Crippen LogP contribution in [-0.2, 0) is 10.0 Å². The summed E-state index contributed by atoms with van der Waals surface area (Å²) in [7, 11) is 0.212. The van der Waals surface area contributed by atoms with Crippen molar-refractivity contribution >= 4 is 31.6 Å². The summed E-state index contributed by atoms with van der Waals surface area (Å²) in [4.78, 5) is 0.356. The van der Waals surface area contributed by atoms with Crippen molar-refractivity contribution in [3.8, 4) is 0 Å². The van der Waals surface area contributed by atoms with E-state index in [0.717, 1.165) is 29.9 Å². The second kappa shape index (κ2) is 6.32. The minimum Gasteiger partial charge on any atom is -0.207 e. The highest BCUT2D eigenvalue weighted by Crippen LogP contribution is 2.28. The van der Waals surface area contributed by atoms with Gasteiger partial charge in [0.2, 0.25) is 10.0 Å². The summed E-state index contributed by atoms with van der Waals surface area (Å²) >= 11 is 0. The van der Waals surface area contributed by atoms with Crippen LogP contribution in [-0.4, -0.2) is 26.0 Å². The number of aryl methyl sites for hydroxylation is 1. The highest BCUT2D eigenvalue weighted by atomic mass is 33.1. The zero-order chi connectivity index (χ0) is 13.0. The lowest BCUT2D eigenvalue weighted by molar-refractivity contribution is 0.549. The second-order valence-electron chi connectivity index (χ2n) is 4.38. The fourth-order valence-corrected chi connectivity index (χ4v) is 5.54. The topological polar surface area (TPSA) is 46.2 Å². The zero-order valence-corrected chi connectivity index (χ0v) is 12.7. The molecule has 3 nitrogen and oxygen atoms in total. The molecule has 0 spiro atoms. The van der Waals surface area contributed by atoms with Gasteiger partial charge in [0.25, 0.3) is 0 Å². The molecule has 0 aliphatic carbocycles. The van der Waals surface area contributed by atoms with Gasteiger partial charge in [-0.3, -0.25) is 0 Å². The van der Waals surface area contributed by atoms with Crippen molar-refractivity contribution in [3.63, 3.8) is 0 Å². The Morgan fingerprint density at radius 3 is 2.67 bits per heavy atom. The Balaban J connectivity index is 2.08. The van der Waals surface area contributed by atoms with Crippen molar-refractivity contribution in [2.75, 3.05) is 11.5 Å². The predicted molar refractivity (Wildman–Crippen MR) is 79.4 cm³/mol. The Labute approximate surface area is 117 Å². The average molecular weight is 303 g/mol. The van der Waals surface area contributed by atoms with Gasteiger partial charge in [0.15, 0.2) is 0 Å². The van der Waals surface area contributed by atoms with E-state index in [1.54, 1.807) is 22.9 Å². The molecular weight excluding hydrogens is 286 g/mol. The number of nitrogens with one attached hydrogen (secondary N) is 1. The fraction of sp³-hybridized carbons (Fsp3) is 0.500. The van der Waals surface area contributed by atoms with E-state index < -0.39 is 10.0 Å². The van der Waals surface area contributed by atoms with E-state index in [-0.39, 0.29) is 6.04 Å². The summed E-state index contributed by atoms with van der Waals surface area (Å²) in [6.45, 7) is 1.95. The number of benzene rings is 1. The van der Waals surface area contributed by atoms with Crippen molar-refractivity contribution in [1.29, 1.82) is 0 Å². The molecule has 0 saturated carbocycles. The van der Waals surface area contributed by atoms with Crippen LogP contribution in [0.25, 0.3) is 0 Å². The third-order valence-corrected chi connectivity index (χ3v) is 6.89. The average Bonchev–Trinajstić information content (AvgIpc) is 2.57. The van der Waals surface area contributed by atoms with Crippen molar-refractivity contribution < 1.29 is 8.42 Å². The van der Waals surface area contributed by atoms with Crippen LogP contribution in [0.4, 0.5) is 0 Å². The molecule has 1 aliphatic rings. The van der Waals surface area contributed by atoms with Crippen molar-refractivity contribution in [3.05, 3.63) is 29.8 Å². The highest BCUT2D eigenvalue weighted by molar-refractivity contribution is 8.76. The third-order valence-electron chi connectivity index (χ3n) is 2.79. The monoisotopic (exact) mass is 303 g/mol. The molecule has 0 aromatic heterocycles. The van der Waals surface area contributed by atoms with Crippen molar-refractivity contribution in [1.82, 2.24) is 4.72 Å². The summed E-state index contributed by atoms with van der Waals surface area (Å²) in [5.74, 6) is 1.95. The van der Waals surface area contributed by atoms with Gasteiger partial charge in [-0.25, -0.2) is 13.1 Å². The van der Waals surface area contributed by atoms with E-state index >= 15 is 0 Å². The van der Waals surface area contributed by atoms with Crippen LogP contribution in [0, 0.1) is 6.92 Å². The molecule has 1 aromatic carbocycles. The molecule has 6 heteroatoms. The molecule has 1 heterocycles. The Morgan fingerprint density at radius 1 is 1.22 bits per heavy atom. The molecule has 1 saturated heterocycles. The van der Waals surface area contributed by atoms with Crippen LogP contribution >= 0.6 is 21.6 Å². The maximum atomic E-state index is 12.2. The first-order valence-electron chi connectivity index (χ1n) is 5.91. The number of hydrogen-bond acceptors (Lipinski definition) is 4. The molecule has 0 radical (unpaired) electrons. The lowest BCUT2D eigenvalue weighted by Gasteiger charge is -2.15. The standard InChI is InChI=1S/C12H17NO2S3/c1-10-4-6-12(7-5-10)18(14,15)13-11-3-2-8-16-17-9-11/h4-7,11,13H,2-3,8-9H2,1H3/t11-/m0/s1. The van der Waals surface area contributed by atoms with E-state index in [4.69, 9.17) is 0 Å². The van der Waals surface area contributed by atoms with E-state index in [1.165, 1.54) is 0 Å². The lowest BCUT2D eigenvalue weighted by atomic mass is 10.2. The van der Waals surface area contributed by atoms with Crippen molar-refractivity contribution in [2.24, 2.45) is 0 Å². The van der Waals surface area contributed by atoms with E-state index in [2.05, 4.69) is 4.72 Å². The van der Waals surface area contributed by atoms with Crippen LogP contribution in [0.3, 0.4) is 0 Å². The Morgan fingerprint density at radius 2 is 1.94 bits per heavy atom. The number of hydrogen-bond donors (Lipinski definition) is 1. The smallest absolute Gasteiger partial charge is 0.207 e. The summed E-state index contributed by atoms with van der Waals surface area (Å²) in [5.41, 5.74) is 1.07. The third kappa shape index (κ3) is 3.91. The summed E-state index contributed by atoms with van der Waals surface area (Å²) < 4.78 is 27.2. The molecule has 0 amide bonds. The number of sulfonamides is 1. The van der Waals surface area contributed by atoms with Gasteiger partial charge in [0.1, 0.15) is 0 Å².